The lowest BCUT2D eigenvalue weighted by Gasteiger charge is -2.40. The minimum absolute atomic E-state index is 0.186. The number of nitrogens with zero attached hydrogens (tertiary/aromatic N) is 1. The van der Waals surface area contributed by atoms with Crippen molar-refractivity contribution in [1.29, 1.82) is 0 Å². The van der Waals surface area contributed by atoms with Crippen molar-refractivity contribution >= 4 is 12.1 Å². The Balaban J connectivity index is 2.66. The Morgan fingerprint density at radius 2 is 1.86 bits per heavy atom. The Morgan fingerprint density at radius 3 is 2.27 bits per heavy atom. The molecule has 0 saturated carbocycles. The van der Waals surface area contributed by atoms with Gasteiger partial charge in [-0.3, -0.25) is 4.79 Å². The number of hydrogen-bond acceptors (Lipinski definition) is 5. The van der Waals surface area contributed by atoms with Crippen molar-refractivity contribution in [2.45, 2.75) is 51.7 Å². The predicted octanol–water partition coefficient (Wildman–Crippen LogP) is 1.06. The van der Waals surface area contributed by atoms with Crippen LogP contribution in [0.25, 0.3) is 0 Å². The maximum atomic E-state index is 12.0. The number of aliphatic hydroxyl groups is 1. The van der Waals surface area contributed by atoms with Crippen LogP contribution in [0.5, 0.6) is 0 Å². The molecule has 1 aliphatic heterocycles. The van der Waals surface area contributed by atoms with Gasteiger partial charge in [-0.25, -0.2) is 4.79 Å². The average Bonchev–Trinajstić information content (AvgIpc) is 2.37. The second-order valence-corrected chi connectivity index (χ2v) is 6.97. The van der Waals surface area contributed by atoms with E-state index in [9.17, 15) is 19.8 Å². The summed E-state index contributed by atoms with van der Waals surface area (Å²) in [5, 5.41) is 22.3. The van der Waals surface area contributed by atoms with Crippen molar-refractivity contribution in [2.24, 2.45) is 5.41 Å². The minimum Gasteiger partial charge on any atom is -0.481 e. The summed E-state index contributed by atoms with van der Waals surface area (Å²) >= 11 is 0. The van der Waals surface area contributed by atoms with Gasteiger partial charge < -0.3 is 25.2 Å². The number of carbonyl (C=O) groups is 2. The first-order chi connectivity index (χ1) is 10.1. The lowest BCUT2D eigenvalue weighted by atomic mass is 9.74. The van der Waals surface area contributed by atoms with Crippen molar-refractivity contribution in [2.75, 3.05) is 26.7 Å². The average molecular weight is 316 g/mol. The van der Waals surface area contributed by atoms with Gasteiger partial charge in [-0.1, -0.05) is 0 Å². The number of aliphatic hydroxyl groups excluding tert-OH is 1. The second-order valence-electron chi connectivity index (χ2n) is 6.97. The maximum Gasteiger partial charge on any atom is 0.410 e. The van der Waals surface area contributed by atoms with E-state index in [0.717, 1.165) is 0 Å². The third kappa shape index (κ3) is 5.14. The molecule has 0 radical (unpaired) electrons. The first-order valence-electron chi connectivity index (χ1n) is 7.64. The summed E-state index contributed by atoms with van der Waals surface area (Å²) in [4.78, 5) is 25.2. The highest BCUT2D eigenvalue weighted by molar-refractivity contribution is 5.75. The number of likely N-dealkylation sites (N-methyl/N-ethyl adjacent to an activating group) is 1. The van der Waals surface area contributed by atoms with Gasteiger partial charge in [-0.15, -0.1) is 0 Å². The molecule has 1 atom stereocenters. The summed E-state index contributed by atoms with van der Waals surface area (Å²) in [5.41, 5.74) is -1.55. The smallest absolute Gasteiger partial charge is 0.410 e. The molecule has 1 aliphatic rings. The lowest BCUT2D eigenvalue weighted by molar-refractivity contribution is -0.154. The number of hydrogen-bond donors (Lipinski definition) is 3. The zero-order valence-electron chi connectivity index (χ0n) is 13.9. The van der Waals surface area contributed by atoms with E-state index in [2.05, 4.69) is 5.32 Å². The van der Waals surface area contributed by atoms with Crippen LogP contribution in [0, 0.1) is 5.41 Å². The van der Waals surface area contributed by atoms with Crippen molar-refractivity contribution in [3.05, 3.63) is 0 Å². The third-order valence-corrected chi connectivity index (χ3v) is 3.89. The summed E-state index contributed by atoms with van der Waals surface area (Å²) < 4.78 is 5.31. The molecule has 0 bridgehead atoms. The van der Waals surface area contributed by atoms with Crippen LogP contribution in [0.15, 0.2) is 0 Å². The Kier molecular flexibility index (Phi) is 6.19. The monoisotopic (exact) mass is 316 g/mol. The molecule has 1 unspecified atom stereocenters. The summed E-state index contributed by atoms with van der Waals surface area (Å²) in [7, 11) is 1.71. The molecule has 128 valence electrons. The van der Waals surface area contributed by atoms with Crippen LogP contribution in [-0.2, 0) is 9.53 Å². The molecule has 3 N–H and O–H groups in total. The first kappa shape index (κ1) is 18.7. The van der Waals surface area contributed by atoms with E-state index < -0.39 is 29.2 Å². The van der Waals surface area contributed by atoms with Gasteiger partial charge in [-0.05, 0) is 47.1 Å². The van der Waals surface area contributed by atoms with Gasteiger partial charge >= 0.3 is 12.1 Å². The Hall–Kier alpha value is -1.34. The van der Waals surface area contributed by atoms with Gasteiger partial charge in [0.05, 0.1) is 11.5 Å². The second kappa shape index (κ2) is 7.28. The lowest BCUT2D eigenvalue weighted by Crippen LogP contribution is -2.49. The number of piperidine rings is 1. The van der Waals surface area contributed by atoms with E-state index in [1.165, 1.54) is 4.90 Å². The fraction of sp³-hybridized carbons (Fsp3) is 0.867. The molecule has 0 aromatic heterocycles. The molecule has 0 aromatic rings. The fourth-order valence-corrected chi connectivity index (χ4v) is 2.71. The number of ether oxygens (including phenoxy) is 1. The summed E-state index contributed by atoms with van der Waals surface area (Å²) in [6.45, 7) is 6.39. The van der Waals surface area contributed by atoms with Gasteiger partial charge in [0.25, 0.3) is 0 Å². The molecule has 0 aromatic carbocycles. The van der Waals surface area contributed by atoms with Crippen LogP contribution in [0.3, 0.4) is 0 Å². The van der Waals surface area contributed by atoms with E-state index in [1.54, 1.807) is 27.8 Å². The molecule has 7 heteroatoms. The number of carboxylic acid groups (broad SMARTS) is 1. The number of carbonyl (C=O) groups excluding carboxylic acids is 1. The van der Waals surface area contributed by atoms with Crippen molar-refractivity contribution in [3.8, 4) is 0 Å². The highest BCUT2D eigenvalue weighted by atomic mass is 16.6. The molecule has 0 aliphatic carbocycles. The maximum absolute atomic E-state index is 12.0. The first-order valence-corrected chi connectivity index (χ1v) is 7.64. The number of amides is 1. The molecule has 1 fully saturated rings. The molecule has 0 spiro atoms. The van der Waals surface area contributed by atoms with Crippen LogP contribution >= 0.6 is 0 Å². The summed E-state index contributed by atoms with van der Waals surface area (Å²) in [5.74, 6) is -0.911. The molecule has 7 nitrogen and oxygen atoms in total. The molecule has 1 saturated heterocycles. The normalized spacial score (nSPS) is 19.6. The SMILES string of the molecule is CNCC(O)CC1(C(=O)O)CCN(C(=O)OC(C)(C)C)CC1. The molecule has 1 rings (SSSR count). The van der Waals surface area contributed by atoms with Crippen molar-refractivity contribution < 1.29 is 24.5 Å². The molecule has 22 heavy (non-hydrogen) atoms. The van der Waals surface area contributed by atoms with E-state index in [4.69, 9.17) is 4.74 Å². The molecular weight excluding hydrogens is 288 g/mol. The van der Waals surface area contributed by atoms with Gasteiger partial charge in [-0.2, -0.15) is 0 Å². The topological polar surface area (TPSA) is 99.1 Å². The van der Waals surface area contributed by atoms with E-state index >= 15 is 0 Å². The number of rotatable bonds is 5. The highest BCUT2D eigenvalue weighted by Crippen LogP contribution is 2.37. The number of likely N-dealkylation sites (tertiary alicyclic amines) is 1. The van der Waals surface area contributed by atoms with Crippen molar-refractivity contribution in [1.82, 2.24) is 10.2 Å². The highest BCUT2D eigenvalue weighted by Gasteiger charge is 2.44. The van der Waals surface area contributed by atoms with Crippen LogP contribution in [0.4, 0.5) is 4.79 Å². The summed E-state index contributed by atoms with van der Waals surface area (Å²) in [6.07, 6.45) is -0.299. The van der Waals surface area contributed by atoms with Gasteiger partial charge in [0.15, 0.2) is 0 Å². The third-order valence-electron chi connectivity index (χ3n) is 3.89. The zero-order chi connectivity index (χ0) is 17.0. The van der Waals surface area contributed by atoms with Crippen molar-refractivity contribution in [3.63, 3.8) is 0 Å². The van der Waals surface area contributed by atoms with Gasteiger partial charge in [0.1, 0.15) is 5.60 Å². The van der Waals surface area contributed by atoms with Gasteiger partial charge in [0, 0.05) is 19.6 Å². The Labute approximate surface area is 131 Å². The Morgan fingerprint density at radius 1 is 1.32 bits per heavy atom. The van der Waals surface area contributed by atoms with Crippen LogP contribution in [-0.4, -0.2) is 65.6 Å². The van der Waals surface area contributed by atoms with E-state index in [1.807, 2.05) is 0 Å². The standard InChI is InChI=1S/C15H28N2O5/c1-14(2,3)22-13(21)17-7-5-15(6-8-17,12(19)20)9-11(18)10-16-4/h11,16,18H,5-10H2,1-4H3,(H,19,20). The predicted molar refractivity (Wildman–Crippen MR) is 81.7 cm³/mol. The van der Waals surface area contributed by atoms with Crippen LogP contribution in [0.1, 0.15) is 40.0 Å². The van der Waals surface area contributed by atoms with Crippen LogP contribution in [0.2, 0.25) is 0 Å². The number of nitrogens with one attached hydrogen (secondary N) is 1. The van der Waals surface area contributed by atoms with Crippen LogP contribution < -0.4 is 5.32 Å². The largest absolute Gasteiger partial charge is 0.481 e. The minimum atomic E-state index is -0.977. The molecule has 1 amide bonds. The quantitative estimate of drug-likeness (QED) is 0.701. The fourth-order valence-electron chi connectivity index (χ4n) is 2.71. The molecular formula is C15H28N2O5. The van der Waals surface area contributed by atoms with E-state index in [0.29, 0.717) is 32.5 Å². The Bertz CT molecular complexity index is 397. The van der Waals surface area contributed by atoms with E-state index in [-0.39, 0.29) is 6.42 Å². The molecule has 1 heterocycles. The summed E-state index contributed by atoms with van der Waals surface area (Å²) in [6, 6.07) is 0. The number of carboxylic acids is 1. The number of aliphatic carboxylic acids is 1. The zero-order valence-corrected chi connectivity index (χ0v) is 13.9. The van der Waals surface area contributed by atoms with Gasteiger partial charge in [0.2, 0.25) is 0 Å².